The number of aromatic nitrogens is 3. The van der Waals surface area contributed by atoms with Gasteiger partial charge in [-0.3, -0.25) is 0 Å². The minimum atomic E-state index is 0.210. The molecule has 0 spiro atoms. The van der Waals surface area contributed by atoms with Crippen molar-refractivity contribution in [1.29, 1.82) is 5.26 Å². The Labute approximate surface area is 112 Å². The Bertz CT molecular complexity index is 582. The molecule has 1 aromatic carbocycles. The average molecular weight is 255 g/mol. The van der Waals surface area contributed by atoms with Gasteiger partial charge >= 0.3 is 0 Å². The molecule has 0 bridgehead atoms. The van der Waals surface area contributed by atoms with E-state index in [2.05, 4.69) is 28.5 Å². The number of nitrogens with zero attached hydrogens (tertiary/aromatic N) is 4. The van der Waals surface area contributed by atoms with Crippen LogP contribution in [0.3, 0.4) is 0 Å². The number of aryl methyl sites for hydroxylation is 1. The highest BCUT2D eigenvalue weighted by molar-refractivity contribution is 5.33. The van der Waals surface area contributed by atoms with Gasteiger partial charge in [-0.25, -0.2) is 0 Å². The van der Waals surface area contributed by atoms with Gasteiger partial charge < -0.3 is 9.88 Å². The molecule has 1 N–H and O–H groups in total. The van der Waals surface area contributed by atoms with Crippen LogP contribution in [0.1, 0.15) is 29.9 Å². The molecule has 1 heterocycles. The van der Waals surface area contributed by atoms with Crippen molar-refractivity contribution in [1.82, 2.24) is 20.1 Å². The maximum atomic E-state index is 8.89. The van der Waals surface area contributed by atoms with Gasteiger partial charge in [-0.2, -0.15) is 5.26 Å². The molecule has 0 amide bonds. The van der Waals surface area contributed by atoms with Crippen molar-refractivity contribution < 1.29 is 0 Å². The summed E-state index contributed by atoms with van der Waals surface area (Å²) in [4.78, 5) is 0. The van der Waals surface area contributed by atoms with Crippen molar-refractivity contribution in [2.24, 2.45) is 7.05 Å². The SMILES string of the molecule is CC(NCCc1nncn1C)c1cccc(C#N)c1. The van der Waals surface area contributed by atoms with Gasteiger partial charge in [0.2, 0.25) is 0 Å². The van der Waals surface area contributed by atoms with Crippen LogP contribution in [0, 0.1) is 11.3 Å². The molecule has 1 atom stereocenters. The molecule has 2 aromatic rings. The van der Waals surface area contributed by atoms with Crippen molar-refractivity contribution in [3.05, 3.63) is 47.5 Å². The van der Waals surface area contributed by atoms with E-state index in [9.17, 15) is 0 Å². The number of benzene rings is 1. The topological polar surface area (TPSA) is 66.5 Å². The molecule has 0 aliphatic carbocycles. The monoisotopic (exact) mass is 255 g/mol. The molecule has 5 nitrogen and oxygen atoms in total. The third kappa shape index (κ3) is 3.39. The van der Waals surface area contributed by atoms with Crippen LogP contribution in [-0.4, -0.2) is 21.3 Å². The molecule has 0 saturated carbocycles. The van der Waals surface area contributed by atoms with Crippen molar-refractivity contribution >= 4 is 0 Å². The Hall–Kier alpha value is -2.19. The summed E-state index contributed by atoms with van der Waals surface area (Å²) in [5.74, 6) is 0.963. The quantitative estimate of drug-likeness (QED) is 0.881. The minimum absolute atomic E-state index is 0.210. The Balaban J connectivity index is 1.89. The molecule has 5 heteroatoms. The zero-order chi connectivity index (χ0) is 13.7. The standard InChI is InChI=1S/C14H17N5/c1-11(13-5-3-4-12(8-13)9-15)16-7-6-14-18-17-10-19(14)2/h3-5,8,10-11,16H,6-7H2,1-2H3. The van der Waals surface area contributed by atoms with E-state index in [0.717, 1.165) is 24.4 Å². The first-order chi connectivity index (χ1) is 9.20. The van der Waals surface area contributed by atoms with Gasteiger partial charge in [0.05, 0.1) is 11.6 Å². The van der Waals surface area contributed by atoms with Crippen molar-refractivity contribution in [3.8, 4) is 6.07 Å². The highest BCUT2D eigenvalue weighted by atomic mass is 15.2. The molecular formula is C14H17N5. The zero-order valence-corrected chi connectivity index (χ0v) is 11.2. The largest absolute Gasteiger partial charge is 0.321 e. The van der Waals surface area contributed by atoms with Crippen LogP contribution < -0.4 is 5.32 Å². The fraction of sp³-hybridized carbons (Fsp3) is 0.357. The van der Waals surface area contributed by atoms with Crippen LogP contribution in [-0.2, 0) is 13.5 Å². The highest BCUT2D eigenvalue weighted by Crippen LogP contribution is 2.13. The summed E-state index contributed by atoms with van der Waals surface area (Å²) in [7, 11) is 1.94. The lowest BCUT2D eigenvalue weighted by atomic mass is 10.1. The van der Waals surface area contributed by atoms with Crippen LogP contribution in [0.25, 0.3) is 0 Å². The molecule has 0 fully saturated rings. The molecule has 0 aliphatic heterocycles. The second-order valence-electron chi connectivity index (χ2n) is 4.52. The van der Waals surface area contributed by atoms with Gasteiger partial charge in [-0.15, -0.1) is 10.2 Å². The Morgan fingerprint density at radius 3 is 3.00 bits per heavy atom. The van der Waals surface area contributed by atoms with Gasteiger partial charge in [0.1, 0.15) is 12.2 Å². The molecule has 2 rings (SSSR count). The van der Waals surface area contributed by atoms with Crippen LogP contribution >= 0.6 is 0 Å². The van der Waals surface area contributed by atoms with Crippen LogP contribution in [0.15, 0.2) is 30.6 Å². The van der Waals surface area contributed by atoms with Crippen LogP contribution in [0.4, 0.5) is 0 Å². The van der Waals surface area contributed by atoms with Gasteiger partial charge in [-0.1, -0.05) is 12.1 Å². The molecule has 19 heavy (non-hydrogen) atoms. The molecular weight excluding hydrogens is 238 g/mol. The lowest BCUT2D eigenvalue weighted by Crippen LogP contribution is -2.22. The predicted octanol–water partition coefficient (Wildman–Crippen LogP) is 1.58. The molecule has 0 aliphatic rings. The van der Waals surface area contributed by atoms with E-state index in [-0.39, 0.29) is 6.04 Å². The first kappa shape index (κ1) is 13.2. The average Bonchev–Trinajstić information content (AvgIpc) is 2.84. The van der Waals surface area contributed by atoms with E-state index < -0.39 is 0 Å². The van der Waals surface area contributed by atoms with Crippen molar-refractivity contribution in [2.75, 3.05) is 6.54 Å². The summed E-state index contributed by atoms with van der Waals surface area (Å²) in [6, 6.07) is 10.0. The van der Waals surface area contributed by atoms with E-state index in [4.69, 9.17) is 5.26 Å². The van der Waals surface area contributed by atoms with Crippen LogP contribution in [0.2, 0.25) is 0 Å². The smallest absolute Gasteiger partial charge is 0.133 e. The second kappa shape index (κ2) is 6.12. The van der Waals surface area contributed by atoms with Gasteiger partial charge in [0, 0.05) is 26.1 Å². The predicted molar refractivity (Wildman–Crippen MR) is 72.3 cm³/mol. The van der Waals surface area contributed by atoms with Crippen LogP contribution in [0.5, 0.6) is 0 Å². The summed E-state index contributed by atoms with van der Waals surface area (Å²) in [6.45, 7) is 2.91. The van der Waals surface area contributed by atoms with E-state index in [1.807, 2.05) is 35.9 Å². The van der Waals surface area contributed by atoms with Gasteiger partial charge in [-0.05, 0) is 24.6 Å². The third-order valence-corrected chi connectivity index (χ3v) is 3.12. The number of nitrogens with one attached hydrogen (secondary N) is 1. The van der Waals surface area contributed by atoms with E-state index >= 15 is 0 Å². The summed E-state index contributed by atoms with van der Waals surface area (Å²) < 4.78 is 1.92. The number of rotatable bonds is 5. The molecule has 0 radical (unpaired) electrons. The van der Waals surface area contributed by atoms with Crippen molar-refractivity contribution in [2.45, 2.75) is 19.4 Å². The summed E-state index contributed by atoms with van der Waals surface area (Å²) in [6.07, 6.45) is 2.54. The van der Waals surface area contributed by atoms with Gasteiger partial charge in [0.25, 0.3) is 0 Å². The summed E-state index contributed by atoms with van der Waals surface area (Å²) >= 11 is 0. The first-order valence-electron chi connectivity index (χ1n) is 6.27. The fourth-order valence-corrected chi connectivity index (χ4v) is 1.93. The van der Waals surface area contributed by atoms with E-state index in [1.165, 1.54) is 0 Å². The molecule has 98 valence electrons. The minimum Gasteiger partial charge on any atom is -0.321 e. The summed E-state index contributed by atoms with van der Waals surface area (Å²) in [5.41, 5.74) is 1.82. The van der Waals surface area contributed by atoms with E-state index in [1.54, 1.807) is 6.33 Å². The molecule has 1 aromatic heterocycles. The summed E-state index contributed by atoms with van der Waals surface area (Å²) in [5, 5.41) is 20.2. The Morgan fingerprint density at radius 2 is 2.32 bits per heavy atom. The number of hydrogen-bond acceptors (Lipinski definition) is 4. The maximum absolute atomic E-state index is 8.89. The van der Waals surface area contributed by atoms with Crippen molar-refractivity contribution in [3.63, 3.8) is 0 Å². The highest BCUT2D eigenvalue weighted by Gasteiger charge is 2.06. The second-order valence-corrected chi connectivity index (χ2v) is 4.52. The van der Waals surface area contributed by atoms with E-state index in [0.29, 0.717) is 5.56 Å². The zero-order valence-electron chi connectivity index (χ0n) is 11.2. The first-order valence-corrected chi connectivity index (χ1v) is 6.27. The fourth-order valence-electron chi connectivity index (χ4n) is 1.93. The Kier molecular flexibility index (Phi) is 4.26. The third-order valence-electron chi connectivity index (χ3n) is 3.12. The maximum Gasteiger partial charge on any atom is 0.133 e. The van der Waals surface area contributed by atoms with Gasteiger partial charge in [0.15, 0.2) is 0 Å². The molecule has 0 saturated heterocycles. The number of nitriles is 1. The normalized spacial score (nSPS) is 12.1. The molecule has 1 unspecified atom stereocenters. The lowest BCUT2D eigenvalue weighted by Gasteiger charge is -2.14. The lowest BCUT2D eigenvalue weighted by molar-refractivity contribution is 0.564. The Morgan fingerprint density at radius 1 is 1.47 bits per heavy atom. The number of hydrogen-bond donors (Lipinski definition) is 1.